The summed E-state index contributed by atoms with van der Waals surface area (Å²) in [5.41, 5.74) is 3.99. The average molecular weight is 271 g/mol. The molecule has 0 bridgehead atoms. The smallest absolute Gasteiger partial charge is 0.251 e. The largest absolute Gasteiger partial charge is 0.444 e. The molecule has 3 rings (SSSR count). The van der Waals surface area contributed by atoms with E-state index >= 15 is 0 Å². The Balaban J connectivity index is 1.67. The van der Waals surface area contributed by atoms with E-state index in [1.807, 2.05) is 32.0 Å². The lowest BCUT2D eigenvalue weighted by atomic mass is 10.1. The first-order valence-corrected chi connectivity index (χ1v) is 6.67. The van der Waals surface area contributed by atoms with E-state index < -0.39 is 0 Å². The molecule has 0 saturated carbocycles. The third-order valence-corrected chi connectivity index (χ3v) is 3.57. The van der Waals surface area contributed by atoms with E-state index in [1.54, 1.807) is 0 Å². The van der Waals surface area contributed by atoms with Crippen LogP contribution in [0.3, 0.4) is 0 Å². The number of oxazole rings is 1. The van der Waals surface area contributed by atoms with Gasteiger partial charge in [0.05, 0.1) is 12.2 Å². The molecule has 0 unspecified atom stereocenters. The second-order valence-corrected chi connectivity index (χ2v) is 5.02. The van der Waals surface area contributed by atoms with Crippen molar-refractivity contribution in [1.29, 1.82) is 0 Å². The normalized spacial score (nSPS) is 13.3. The number of nitrogens with zero attached hydrogens (tertiary/aromatic N) is 1. The number of amides is 1. The third-order valence-electron chi connectivity index (χ3n) is 3.57. The number of nitrogens with one attached hydrogen (secondary N) is 2. The molecule has 0 spiro atoms. The van der Waals surface area contributed by atoms with E-state index in [-0.39, 0.29) is 5.91 Å². The summed E-state index contributed by atoms with van der Waals surface area (Å²) < 4.78 is 5.44. The Morgan fingerprint density at radius 2 is 2.15 bits per heavy atom. The van der Waals surface area contributed by atoms with Gasteiger partial charge in [-0.15, -0.1) is 0 Å². The van der Waals surface area contributed by atoms with Gasteiger partial charge in [0.2, 0.25) is 5.89 Å². The highest BCUT2D eigenvalue weighted by Gasteiger charge is 2.14. The van der Waals surface area contributed by atoms with Gasteiger partial charge in [0.1, 0.15) is 5.76 Å². The first-order valence-electron chi connectivity index (χ1n) is 6.67. The lowest BCUT2D eigenvalue weighted by Gasteiger charge is -2.05. The summed E-state index contributed by atoms with van der Waals surface area (Å²) in [7, 11) is 0. The summed E-state index contributed by atoms with van der Waals surface area (Å²) in [6.07, 6.45) is 0. The number of fused-ring (bicyclic) bond motifs is 1. The van der Waals surface area contributed by atoms with Crippen LogP contribution in [0.25, 0.3) is 0 Å². The highest BCUT2D eigenvalue weighted by Crippen LogP contribution is 2.17. The Morgan fingerprint density at radius 3 is 2.90 bits per heavy atom. The van der Waals surface area contributed by atoms with Crippen molar-refractivity contribution in [2.24, 2.45) is 0 Å². The number of hydrogen-bond donors (Lipinski definition) is 2. The summed E-state index contributed by atoms with van der Waals surface area (Å²) in [5.74, 6) is 1.22. The van der Waals surface area contributed by atoms with Gasteiger partial charge in [-0.2, -0.15) is 0 Å². The van der Waals surface area contributed by atoms with Gasteiger partial charge >= 0.3 is 0 Å². The first-order chi connectivity index (χ1) is 9.63. The van der Waals surface area contributed by atoms with Crippen molar-refractivity contribution in [3.63, 3.8) is 0 Å². The maximum Gasteiger partial charge on any atom is 0.251 e. The van der Waals surface area contributed by atoms with Gasteiger partial charge in [0.15, 0.2) is 0 Å². The van der Waals surface area contributed by atoms with Crippen molar-refractivity contribution in [1.82, 2.24) is 15.6 Å². The molecule has 2 heterocycles. The Kier molecular flexibility index (Phi) is 3.28. The average Bonchev–Trinajstić information content (AvgIpc) is 3.02. The molecule has 0 fully saturated rings. The van der Waals surface area contributed by atoms with Crippen LogP contribution in [0.4, 0.5) is 0 Å². The van der Waals surface area contributed by atoms with Crippen LogP contribution < -0.4 is 10.6 Å². The minimum Gasteiger partial charge on any atom is -0.444 e. The Hall–Kier alpha value is -2.14. The minimum absolute atomic E-state index is 0.104. The van der Waals surface area contributed by atoms with Crippen LogP contribution in [0.15, 0.2) is 22.6 Å². The van der Waals surface area contributed by atoms with E-state index in [2.05, 4.69) is 15.6 Å². The van der Waals surface area contributed by atoms with Crippen molar-refractivity contribution in [2.75, 3.05) is 0 Å². The molecule has 1 aromatic carbocycles. The van der Waals surface area contributed by atoms with Gasteiger partial charge < -0.3 is 15.1 Å². The van der Waals surface area contributed by atoms with Gasteiger partial charge in [0.25, 0.3) is 5.91 Å². The topological polar surface area (TPSA) is 67.2 Å². The zero-order valence-electron chi connectivity index (χ0n) is 11.6. The van der Waals surface area contributed by atoms with Crippen molar-refractivity contribution in [3.05, 3.63) is 52.2 Å². The predicted octanol–water partition coefficient (Wildman–Crippen LogP) is 1.82. The number of aryl methyl sites for hydroxylation is 2. The highest BCUT2D eigenvalue weighted by atomic mass is 16.4. The quantitative estimate of drug-likeness (QED) is 0.893. The fourth-order valence-electron chi connectivity index (χ4n) is 2.31. The summed E-state index contributed by atoms with van der Waals surface area (Å²) in [4.78, 5) is 16.4. The third kappa shape index (κ3) is 2.44. The maximum atomic E-state index is 12.1. The fraction of sp³-hybridized carbons (Fsp3) is 0.333. The zero-order chi connectivity index (χ0) is 14.1. The van der Waals surface area contributed by atoms with Gasteiger partial charge in [-0.25, -0.2) is 4.98 Å². The highest BCUT2D eigenvalue weighted by molar-refractivity contribution is 5.94. The van der Waals surface area contributed by atoms with Crippen LogP contribution in [-0.2, 0) is 19.6 Å². The van der Waals surface area contributed by atoms with Crippen LogP contribution in [-0.4, -0.2) is 10.9 Å². The van der Waals surface area contributed by atoms with Crippen molar-refractivity contribution < 1.29 is 9.21 Å². The monoisotopic (exact) mass is 271 g/mol. The molecule has 104 valence electrons. The Labute approximate surface area is 117 Å². The zero-order valence-corrected chi connectivity index (χ0v) is 11.6. The number of benzene rings is 1. The van der Waals surface area contributed by atoms with Gasteiger partial charge in [-0.3, -0.25) is 4.79 Å². The van der Waals surface area contributed by atoms with Crippen LogP contribution in [0.1, 0.15) is 38.8 Å². The van der Waals surface area contributed by atoms with Crippen molar-refractivity contribution in [3.8, 4) is 0 Å². The molecule has 0 atom stereocenters. The SMILES string of the molecule is Cc1nc(CNC(=O)c2ccc3c(c2)CNC3)oc1C. The van der Waals surface area contributed by atoms with Crippen LogP contribution in [0, 0.1) is 13.8 Å². The standard InChI is InChI=1S/C15H17N3O2/c1-9-10(2)20-14(18-9)8-17-15(19)11-3-4-12-6-16-7-13(12)5-11/h3-5,16H,6-8H2,1-2H3,(H,17,19). The molecular weight excluding hydrogens is 254 g/mol. The van der Waals surface area contributed by atoms with E-state index in [9.17, 15) is 4.79 Å². The molecule has 1 aliphatic heterocycles. The number of hydrogen-bond acceptors (Lipinski definition) is 4. The molecule has 0 saturated heterocycles. The van der Waals surface area contributed by atoms with Crippen LogP contribution in [0.2, 0.25) is 0 Å². The fourth-order valence-corrected chi connectivity index (χ4v) is 2.31. The minimum atomic E-state index is -0.104. The molecule has 5 heteroatoms. The van der Waals surface area contributed by atoms with E-state index in [4.69, 9.17) is 4.42 Å². The van der Waals surface area contributed by atoms with E-state index in [1.165, 1.54) is 11.1 Å². The van der Waals surface area contributed by atoms with Crippen molar-refractivity contribution >= 4 is 5.91 Å². The Bertz CT molecular complexity index is 642. The lowest BCUT2D eigenvalue weighted by Crippen LogP contribution is -2.23. The number of aromatic nitrogens is 1. The van der Waals surface area contributed by atoms with E-state index in [0.29, 0.717) is 18.0 Å². The van der Waals surface area contributed by atoms with Crippen molar-refractivity contribution in [2.45, 2.75) is 33.5 Å². The first kappa shape index (κ1) is 12.9. The number of carbonyl (C=O) groups is 1. The number of rotatable bonds is 3. The van der Waals surface area contributed by atoms with Gasteiger partial charge in [-0.05, 0) is 37.1 Å². The molecular formula is C15H17N3O2. The molecule has 0 radical (unpaired) electrons. The van der Waals surface area contributed by atoms with Gasteiger partial charge in [-0.1, -0.05) is 6.07 Å². The second-order valence-electron chi connectivity index (χ2n) is 5.02. The molecule has 2 N–H and O–H groups in total. The number of carbonyl (C=O) groups excluding carboxylic acids is 1. The summed E-state index contributed by atoms with van der Waals surface area (Å²) in [6, 6.07) is 5.80. The van der Waals surface area contributed by atoms with Crippen LogP contribution in [0.5, 0.6) is 0 Å². The van der Waals surface area contributed by atoms with Crippen LogP contribution >= 0.6 is 0 Å². The lowest BCUT2D eigenvalue weighted by molar-refractivity contribution is 0.0947. The molecule has 1 amide bonds. The Morgan fingerprint density at radius 1 is 1.35 bits per heavy atom. The summed E-state index contributed by atoms with van der Waals surface area (Å²) in [6.45, 7) is 5.77. The molecule has 1 aromatic heterocycles. The molecule has 2 aromatic rings. The second kappa shape index (κ2) is 5.09. The van der Waals surface area contributed by atoms with Gasteiger partial charge in [0, 0.05) is 18.7 Å². The molecule has 0 aliphatic carbocycles. The molecule has 5 nitrogen and oxygen atoms in total. The van der Waals surface area contributed by atoms with E-state index in [0.717, 1.165) is 24.5 Å². The maximum absolute atomic E-state index is 12.1. The molecule has 1 aliphatic rings. The summed E-state index contributed by atoms with van der Waals surface area (Å²) >= 11 is 0. The molecule has 20 heavy (non-hydrogen) atoms. The summed E-state index contributed by atoms with van der Waals surface area (Å²) in [5, 5.41) is 6.10. The predicted molar refractivity (Wildman–Crippen MR) is 74.1 cm³/mol.